The van der Waals surface area contributed by atoms with E-state index < -0.39 is 5.82 Å². The Labute approximate surface area is 189 Å². The van der Waals surface area contributed by atoms with Crippen LogP contribution in [0.3, 0.4) is 0 Å². The number of benzene rings is 2. The van der Waals surface area contributed by atoms with Gasteiger partial charge in [-0.15, -0.1) is 10.2 Å². The summed E-state index contributed by atoms with van der Waals surface area (Å²) in [4.78, 5) is 28.6. The predicted molar refractivity (Wildman–Crippen MR) is 117 cm³/mol. The van der Waals surface area contributed by atoms with Crippen LogP contribution in [0.25, 0.3) is 11.5 Å². The lowest BCUT2D eigenvalue weighted by atomic mass is 10.1. The first-order valence-electron chi connectivity index (χ1n) is 10.4. The van der Waals surface area contributed by atoms with Gasteiger partial charge in [0.1, 0.15) is 5.82 Å². The number of aromatic nitrogens is 2. The second kappa shape index (κ2) is 9.91. The van der Waals surface area contributed by atoms with Crippen molar-refractivity contribution in [2.24, 2.45) is 0 Å². The highest BCUT2D eigenvalue weighted by Gasteiger charge is 2.26. The van der Waals surface area contributed by atoms with E-state index in [-0.39, 0.29) is 22.4 Å². The first-order chi connectivity index (χ1) is 15.5. The summed E-state index contributed by atoms with van der Waals surface area (Å²) in [6, 6.07) is 13.2. The first-order valence-corrected chi connectivity index (χ1v) is 10.8. The summed E-state index contributed by atoms with van der Waals surface area (Å²) in [5, 5.41) is 8.20. The maximum atomic E-state index is 13.2. The molecule has 0 atom stereocenters. The minimum atomic E-state index is -0.487. The van der Waals surface area contributed by atoms with Crippen molar-refractivity contribution < 1.29 is 18.4 Å². The molecule has 0 radical (unpaired) electrons. The van der Waals surface area contributed by atoms with E-state index in [9.17, 15) is 14.0 Å². The third kappa shape index (κ3) is 5.13. The minimum Gasteiger partial charge on any atom is -0.421 e. The van der Waals surface area contributed by atoms with E-state index in [0.29, 0.717) is 57.2 Å². The second-order valence-corrected chi connectivity index (χ2v) is 7.92. The fourth-order valence-electron chi connectivity index (χ4n) is 3.59. The maximum absolute atomic E-state index is 13.2. The van der Waals surface area contributed by atoms with Crippen LogP contribution < -0.4 is 0 Å². The molecule has 1 aliphatic rings. The number of aryl methyl sites for hydroxylation is 1. The third-order valence-electron chi connectivity index (χ3n) is 5.35. The molecular formula is C23H22ClFN4O3. The van der Waals surface area contributed by atoms with Crippen molar-refractivity contribution in [3.05, 3.63) is 70.8 Å². The summed E-state index contributed by atoms with van der Waals surface area (Å²) in [5.74, 6) is 0.253. The minimum absolute atomic E-state index is 0.0275. The van der Waals surface area contributed by atoms with E-state index in [2.05, 4.69) is 10.2 Å². The molecule has 32 heavy (non-hydrogen) atoms. The Hall–Kier alpha value is -3.26. The van der Waals surface area contributed by atoms with Crippen molar-refractivity contribution >= 4 is 23.4 Å². The molecule has 1 aromatic heterocycles. The van der Waals surface area contributed by atoms with Crippen LogP contribution in [-0.2, 0) is 11.2 Å². The number of carbonyl (C=O) groups is 2. The molecule has 0 saturated carbocycles. The van der Waals surface area contributed by atoms with Gasteiger partial charge in [0.05, 0.1) is 10.6 Å². The van der Waals surface area contributed by atoms with Crippen molar-refractivity contribution in [1.29, 1.82) is 0 Å². The molecule has 7 nitrogen and oxygen atoms in total. The van der Waals surface area contributed by atoms with Gasteiger partial charge in [0.15, 0.2) is 0 Å². The monoisotopic (exact) mass is 456 g/mol. The number of piperazine rings is 1. The van der Waals surface area contributed by atoms with Gasteiger partial charge in [-0.25, -0.2) is 4.39 Å². The highest BCUT2D eigenvalue weighted by Crippen LogP contribution is 2.21. The smallest absolute Gasteiger partial charge is 0.255 e. The first kappa shape index (κ1) is 22.0. The van der Waals surface area contributed by atoms with Gasteiger partial charge in [-0.2, -0.15) is 0 Å². The Morgan fingerprint density at radius 3 is 2.44 bits per heavy atom. The van der Waals surface area contributed by atoms with Crippen molar-refractivity contribution in [2.45, 2.75) is 19.3 Å². The summed E-state index contributed by atoms with van der Waals surface area (Å²) in [5.41, 5.74) is 1.12. The standard InChI is InChI=1S/C23H22ClFN4O3/c24-19-15-17(25)9-10-18(19)23(31)29-13-11-28(12-14-29)21(30)8-4-7-20-26-27-22(32-20)16-5-2-1-3-6-16/h1-3,5-6,9-10,15H,4,7-8,11-14H2. The molecule has 2 aromatic carbocycles. The van der Waals surface area contributed by atoms with Gasteiger partial charge in [-0.3, -0.25) is 9.59 Å². The molecule has 0 N–H and O–H groups in total. The lowest BCUT2D eigenvalue weighted by Gasteiger charge is -2.35. The van der Waals surface area contributed by atoms with Crippen molar-refractivity contribution in [2.75, 3.05) is 26.2 Å². The van der Waals surface area contributed by atoms with E-state index in [4.69, 9.17) is 16.0 Å². The van der Waals surface area contributed by atoms with E-state index in [1.807, 2.05) is 30.3 Å². The van der Waals surface area contributed by atoms with Gasteiger partial charge < -0.3 is 14.2 Å². The lowest BCUT2D eigenvalue weighted by molar-refractivity contribution is -0.132. The molecule has 0 spiro atoms. The average Bonchev–Trinajstić information content (AvgIpc) is 3.28. The second-order valence-electron chi connectivity index (χ2n) is 7.52. The Balaban J connectivity index is 1.23. The molecule has 4 rings (SSSR count). The molecular weight excluding hydrogens is 435 g/mol. The molecule has 1 aliphatic heterocycles. The Bertz CT molecular complexity index is 1100. The van der Waals surface area contributed by atoms with Crippen molar-refractivity contribution in [3.8, 4) is 11.5 Å². The van der Waals surface area contributed by atoms with Crippen LogP contribution in [0.1, 0.15) is 29.1 Å². The summed E-state index contributed by atoms with van der Waals surface area (Å²) in [6.45, 7) is 1.70. The maximum Gasteiger partial charge on any atom is 0.255 e. The van der Waals surface area contributed by atoms with E-state index >= 15 is 0 Å². The number of halogens is 2. The Kier molecular flexibility index (Phi) is 6.80. The number of nitrogens with zero attached hydrogens (tertiary/aromatic N) is 4. The molecule has 166 valence electrons. The molecule has 2 heterocycles. The summed E-state index contributed by atoms with van der Waals surface area (Å²) >= 11 is 6.00. The van der Waals surface area contributed by atoms with Gasteiger partial charge in [0, 0.05) is 44.6 Å². The predicted octanol–water partition coefficient (Wildman–Crippen LogP) is 3.84. The third-order valence-corrected chi connectivity index (χ3v) is 5.66. The van der Waals surface area contributed by atoms with Gasteiger partial charge in [-0.05, 0) is 36.8 Å². The number of amides is 2. The molecule has 1 saturated heterocycles. The van der Waals surface area contributed by atoms with Gasteiger partial charge in [-0.1, -0.05) is 29.8 Å². The fourth-order valence-corrected chi connectivity index (χ4v) is 3.84. The zero-order chi connectivity index (χ0) is 22.5. The number of hydrogen-bond acceptors (Lipinski definition) is 5. The van der Waals surface area contributed by atoms with Crippen LogP contribution in [0.15, 0.2) is 52.9 Å². The van der Waals surface area contributed by atoms with Crippen LogP contribution in [0, 0.1) is 5.82 Å². The molecule has 0 unspecified atom stereocenters. The van der Waals surface area contributed by atoms with Gasteiger partial charge in [0.25, 0.3) is 5.91 Å². The van der Waals surface area contributed by atoms with Gasteiger partial charge in [0.2, 0.25) is 17.7 Å². The molecule has 3 aromatic rings. The highest BCUT2D eigenvalue weighted by atomic mass is 35.5. The number of rotatable bonds is 6. The van der Waals surface area contributed by atoms with Crippen molar-refractivity contribution in [1.82, 2.24) is 20.0 Å². The summed E-state index contributed by atoms with van der Waals surface area (Å²) in [7, 11) is 0. The van der Waals surface area contributed by atoms with Crippen LogP contribution in [-0.4, -0.2) is 58.0 Å². The molecule has 0 aliphatic carbocycles. The quantitative estimate of drug-likeness (QED) is 0.563. The van der Waals surface area contributed by atoms with Crippen LogP contribution in [0.5, 0.6) is 0 Å². The highest BCUT2D eigenvalue weighted by molar-refractivity contribution is 6.33. The average molecular weight is 457 g/mol. The van der Waals surface area contributed by atoms with E-state index in [1.165, 1.54) is 12.1 Å². The topological polar surface area (TPSA) is 79.5 Å². The van der Waals surface area contributed by atoms with Crippen LogP contribution >= 0.6 is 11.6 Å². The zero-order valence-corrected chi connectivity index (χ0v) is 18.1. The zero-order valence-electron chi connectivity index (χ0n) is 17.3. The van der Waals surface area contributed by atoms with Gasteiger partial charge >= 0.3 is 0 Å². The molecule has 2 amide bonds. The largest absolute Gasteiger partial charge is 0.421 e. The molecule has 1 fully saturated rings. The normalized spacial score (nSPS) is 13.9. The van der Waals surface area contributed by atoms with E-state index in [0.717, 1.165) is 11.6 Å². The van der Waals surface area contributed by atoms with Crippen molar-refractivity contribution in [3.63, 3.8) is 0 Å². The molecule has 9 heteroatoms. The SMILES string of the molecule is O=C(CCCc1nnc(-c2ccccc2)o1)N1CCN(C(=O)c2ccc(F)cc2Cl)CC1. The van der Waals surface area contributed by atoms with Crippen LogP contribution in [0.2, 0.25) is 5.02 Å². The fraction of sp³-hybridized carbons (Fsp3) is 0.304. The molecule has 0 bridgehead atoms. The van der Waals surface area contributed by atoms with E-state index in [1.54, 1.807) is 9.80 Å². The Morgan fingerprint density at radius 1 is 1.00 bits per heavy atom. The summed E-state index contributed by atoms with van der Waals surface area (Å²) < 4.78 is 18.9. The van der Waals surface area contributed by atoms with Crippen LogP contribution in [0.4, 0.5) is 4.39 Å². The lowest BCUT2D eigenvalue weighted by Crippen LogP contribution is -2.50. The summed E-state index contributed by atoms with van der Waals surface area (Å²) in [6.07, 6.45) is 1.48. The Morgan fingerprint density at radius 2 is 1.72 bits per heavy atom. The number of carbonyl (C=O) groups excluding carboxylic acids is 2. The number of hydrogen-bond donors (Lipinski definition) is 0.